The van der Waals surface area contributed by atoms with E-state index in [4.69, 9.17) is 4.74 Å². The van der Waals surface area contributed by atoms with Crippen LogP contribution in [0, 0.1) is 20.8 Å². The van der Waals surface area contributed by atoms with Crippen LogP contribution < -0.4 is 15.5 Å². The van der Waals surface area contributed by atoms with E-state index in [9.17, 15) is 4.79 Å². The fourth-order valence-electron chi connectivity index (χ4n) is 3.35. The largest absolute Gasteiger partial charge is 0.465 e. The first-order valence-electron chi connectivity index (χ1n) is 7.38. The summed E-state index contributed by atoms with van der Waals surface area (Å²) in [5.74, 6) is -0.266. The minimum absolute atomic E-state index is 0.266. The van der Waals surface area contributed by atoms with Gasteiger partial charge < -0.3 is 20.3 Å². The van der Waals surface area contributed by atoms with Crippen LogP contribution in [0.1, 0.15) is 27.0 Å². The van der Waals surface area contributed by atoms with Gasteiger partial charge in [-0.05, 0) is 37.5 Å². The van der Waals surface area contributed by atoms with E-state index in [1.54, 1.807) is 0 Å². The summed E-state index contributed by atoms with van der Waals surface area (Å²) in [7, 11) is 3.33. The predicted molar refractivity (Wildman–Crippen MR) is 86.6 cm³/mol. The zero-order valence-electron chi connectivity index (χ0n) is 13.6. The van der Waals surface area contributed by atoms with Crippen LogP contribution in [0.5, 0.6) is 0 Å². The average Bonchev–Trinajstić information content (AvgIpc) is 2.48. The number of anilines is 2. The normalized spacial score (nSPS) is 15.0. The highest BCUT2D eigenvalue weighted by atomic mass is 16.5. The molecule has 0 bridgehead atoms. The van der Waals surface area contributed by atoms with Crippen LogP contribution in [0.25, 0.3) is 0 Å². The van der Waals surface area contributed by atoms with Gasteiger partial charge in [0, 0.05) is 44.6 Å². The Hall–Kier alpha value is -1.75. The predicted octanol–water partition coefficient (Wildman–Crippen LogP) is 1.85. The molecule has 0 atom stereocenters. The van der Waals surface area contributed by atoms with Crippen LogP contribution >= 0.6 is 0 Å². The molecule has 0 unspecified atom stereocenters. The zero-order chi connectivity index (χ0) is 15.6. The van der Waals surface area contributed by atoms with E-state index >= 15 is 0 Å². The molecule has 0 amide bonds. The number of hydrogen-bond donors (Lipinski definition) is 2. The molecule has 1 heterocycles. The number of rotatable bonds is 3. The molecule has 1 saturated heterocycles. The lowest BCUT2D eigenvalue weighted by Crippen LogP contribution is -2.44. The van der Waals surface area contributed by atoms with Gasteiger partial charge in [0.05, 0.1) is 12.7 Å². The summed E-state index contributed by atoms with van der Waals surface area (Å²) in [6.07, 6.45) is 0. The number of hydrogen-bond acceptors (Lipinski definition) is 5. The average molecular weight is 291 g/mol. The molecule has 0 spiro atoms. The Labute approximate surface area is 126 Å². The molecule has 5 nitrogen and oxygen atoms in total. The number of esters is 1. The van der Waals surface area contributed by atoms with Gasteiger partial charge in [0.2, 0.25) is 0 Å². The Morgan fingerprint density at radius 2 is 1.76 bits per heavy atom. The van der Waals surface area contributed by atoms with E-state index in [0.29, 0.717) is 5.56 Å². The second-order valence-electron chi connectivity index (χ2n) is 5.45. The molecule has 1 aromatic carbocycles. The third-order valence-corrected chi connectivity index (χ3v) is 4.28. The van der Waals surface area contributed by atoms with Gasteiger partial charge in [0.15, 0.2) is 0 Å². The van der Waals surface area contributed by atoms with Crippen molar-refractivity contribution in [2.24, 2.45) is 0 Å². The van der Waals surface area contributed by atoms with Gasteiger partial charge in [0.1, 0.15) is 0 Å². The smallest absolute Gasteiger partial charge is 0.338 e. The molecule has 1 fully saturated rings. The Morgan fingerprint density at radius 1 is 1.14 bits per heavy atom. The van der Waals surface area contributed by atoms with Gasteiger partial charge >= 0.3 is 5.97 Å². The fraction of sp³-hybridized carbons (Fsp3) is 0.562. The first-order chi connectivity index (χ1) is 10.0. The standard InChI is InChI=1S/C16H25N3O2/c1-10-13(16(20)21-5)11(2)15(12(3)14(10)17-4)19-8-6-18-7-9-19/h17-18H,6-9H2,1-5H3. The third-order valence-electron chi connectivity index (χ3n) is 4.28. The third kappa shape index (κ3) is 2.70. The van der Waals surface area contributed by atoms with Crippen molar-refractivity contribution in [1.82, 2.24) is 5.32 Å². The summed E-state index contributed by atoms with van der Waals surface area (Å²) < 4.78 is 4.98. The number of ether oxygens (including phenoxy) is 1. The molecule has 0 aromatic heterocycles. The summed E-state index contributed by atoms with van der Waals surface area (Å²) in [5, 5.41) is 6.60. The molecule has 116 valence electrons. The fourth-order valence-corrected chi connectivity index (χ4v) is 3.35. The van der Waals surface area contributed by atoms with Crippen molar-refractivity contribution in [1.29, 1.82) is 0 Å². The second-order valence-corrected chi connectivity index (χ2v) is 5.45. The van der Waals surface area contributed by atoms with Gasteiger partial charge in [-0.2, -0.15) is 0 Å². The number of methoxy groups -OCH3 is 1. The van der Waals surface area contributed by atoms with Crippen molar-refractivity contribution in [3.8, 4) is 0 Å². The maximum atomic E-state index is 12.2. The lowest BCUT2D eigenvalue weighted by molar-refractivity contribution is 0.0599. The van der Waals surface area contributed by atoms with Crippen molar-refractivity contribution in [2.75, 3.05) is 50.6 Å². The Morgan fingerprint density at radius 3 is 2.29 bits per heavy atom. The summed E-state index contributed by atoms with van der Waals surface area (Å²) in [5.41, 5.74) is 6.03. The van der Waals surface area contributed by atoms with Crippen molar-refractivity contribution in [3.63, 3.8) is 0 Å². The molecule has 2 N–H and O–H groups in total. The van der Waals surface area contributed by atoms with E-state index in [1.165, 1.54) is 12.7 Å². The van der Waals surface area contributed by atoms with Crippen LogP contribution in [0.3, 0.4) is 0 Å². The van der Waals surface area contributed by atoms with Crippen molar-refractivity contribution >= 4 is 17.3 Å². The highest BCUT2D eigenvalue weighted by Crippen LogP contribution is 2.37. The molecule has 2 rings (SSSR count). The number of carbonyl (C=O) groups is 1. The molecule has 0 saturated carbocycles. The monoisotopic (exact) mass is 291 g/mol. The molecule has 0 radical (unpaired) electrons. The van der Waals surface area contributed by atoms with Gasteiger partial charge in [0.25, 0.3) is 0 Å². The van der Waals surface area contributed by atoms with Crippen LogP contribution in [0.15, 0.2) is 0 Å². The summed E-state index contributed by atoms with van der Waals surface area (Å²) >= 11 is 0. The van der Waals surface area contributed by atoms with Gasteiger partial charge in [-0.25, -0.2) is 4.79 Å². The van der Waals surface area contributed by atoms with E-state index in [0.717, 1.165) is 48.7 Å². The molecular weight excluding hydrogens is 266 g/mol. The number of piperazine rings is 1. The number of benzene rings is 1. The summed E-state index contributed by atoms with van der Waals surface area (Å²) in [6, 6.07) is 0. The maximum Gasteiger partial charge on any atom is 0.338 e. The molecule has 1 aliphatic rings. The number of nitrogens with zero attached hydrogens (tertiary/aromatic N) is 1. The molecule has 1 aliphatic heterocycles. The molecule has 0 aliphatic carbocycles. The van der Waals surface area contributed by atoms with Crippen LogP contribution in [-0.2, 0) is 4.74 Å². The number of carbonyl (C=O) groups excluding carboxylic acids is 1. The van der Waals surface area contributed by atoms with Gasteiger partial charge in [-0.15, -0.1) is 0 Å². The zero-order valence-corrected chi connectivity index (χ0v) is 13.6. The van der Waals surface area contributed by atoms with E-state index < -0.39 is 0 Å². The van der Waals surface area contributed by atoms with Crippen LogP contribution in [-0.4, -0.2) is 46.3 Å². The van der Waals surface area contributed by atoms with Crippen molar-refractivity contribution in [2.45, 2.75) is 20.8 Å². The summed E-state index contributed by atoms with van der Waals surface area (Å²) in [6.45, 7) is 9.94. The highest BCUT2D eigenvalue weighted by molar-refractivity contribution is 5.97. The topological polar surface area (TPSA) is 53.6 Å². The summed E-state index contributed by atoms with van der Waals surface area (Å²) in [4.78, 5) is 14.5. The second kappa shape index (κ2) is 6.35. The quantitative estimate of drug-likeness (QED) is 0.833. The van der Waals surface area contributed by atoms with E-state index in [-0.39, 0.29) is 5.97 Å². The van der Waals surface area contributed by atoms with Crippen LogP contribution in [0.4, 0.5) is 11.4 Å². The van der Waals surface area contributed by atoms with Gasteiger partial charge in [-0.3, -0.25) is 0 Å². The lowest BCUT2D eigenvalue weighted by Gasteiger charge is -2.34. The minimum Gasteiger partial charge on any atom is -0.465 e. The maximum absolute atomic E-state index is 12.2. The molecule has 21 heavy (non-hydrogen) atoms. The van der Waals surface area contributed by atoms with E-state index in [1.807, 2.05) is 20.9 Å². The Kier molecular flexibility index (Phi) is 4.73. The van der Waals surface area contributed by atoms with Crippen molar-refractivity contribution < 1.29 is 9.53 Å². The minimum atomic E-state index is -0.266. The van der Waals surface area contributed by atoms with Crippen LogP contribution in [0.2, 0.25) is 0 Å². The van der Waals surface area contributed by atoms with E-state index in [2.05, 4.69) is 22.5 Å². The first kappa shape index (κ1) is 15.6. The Bertz CT molecular complexity index is 549. The highest BCUT2D eigenvalue weighted by Gasteiger charge is 2.25. The SMILES string of the molecule is CNc1c(C)c(C(=O)OC)c(C)c(N2CCNCC2)c1C. The van der Waals surface area contributed by atoms with Gasteiger partial charge in [-0.1, -0.05) is 0 Å². The Balaban J connectivity index is 2.65. The molecule has 1 aromatic rings. The number of nitrogens with one attached hydrogen (secondary N) is 2. The molecular formula is C16H25N3O2. The lowest BCUT2D eigenvalue weighted by atomic mass is 9.93. The van der Waals surface area contributed by atoms with Crippen molar-refractivity contribution in [3.05, 3.63) is 22.3 Å². The molecule has 5 heteroatoms. The first-order valence-corrected chi connectivity index (χ1v) is 7.38.